The van der Waals surface area contributed by atoms with Gasteiger partial charge in [0, 0.05) is 27.7 Å². The molecule has 7 rings (SSSR count). The van der Waals surface area contributed by atoms with Gasteiger partial charge in [-0.3, -0.25) is 19.2 Å². The Morgan fingerprint density at radius 3 is 1.24 bits per heavy atom. The highest BCUT2D eigenvalue weighted by molar-refractivity contribution is 5.74. The third kappa shape index (κ3) is 19.3. The third-order valence-corrected chi connectivity index (χ3v) is 17.8. The van der Waals surface area contributed by atoms with E-state index in [0.29, 0.717) is 0 Å². The van der Waals surface area contributed by atoms with Crippen LogP contribution in [-0.2, 0) is 85.5 Å². The van der Waals surface area contributed by atoms with E-state index in [4.69, 9.17) is 66.3 Å². The van der Waals surface area contributed by atoms with Gasteiger partial charge in [-0.2, -0.15) is 0 Å². The smallest absolute Gasteiger partial charge is 0.217 e. The van der Waals surface area contributed by atoms with Gasteiger partial charge in [0.2, 0.25) is 23.6 Å². The molecule has 7 aliphatic heterocycles. The van der Waals surface area contributed by atoms with E-state index in [2.05, 4.69) is 21.3 Å². The van der Waals surface area contributed by atoms with Crippen LogP contribution < -0.4 is 21.3 Å². The molecule has 44 heteroatoms. The van der Waals surface area contributed by atoms with Crippen molar-refractivity contribution in [1.29, 1.82) is 0 Å². The van der Waals surface area contributed by atoms with E-state index in [9.17, 15) is 132 Å². The van der Waals surface area contributed by atoms with Crippen molar-refractivity contribution in [3.8, 4) is 0 Å². The van der Waals surface area contributed by atoms with E-state index < -0.39 is 316 Å². The second-order valence-corrected chi connectivity index (χ2v) is 25.1. The summed E-state index contributed by atoms with van der Waals surface area (Å²) in [5, 5.41) is 252. The van der Waals surface area contributed by atoms with Crippen LogP contribution in [-0.4, -0.2) is 428 Å². The van der Waals surface area contributed by atoms with E-state index >= 15 is 0 Å². The zero-order valence-corrected chi connectivity index (χ0v) is 54.4. The first-order valence-corrected chi connectivity index (χ1v) is 31.9. The SMILES string of the molecule is CC(=O)N[C@@H](CO)[C@@H](O)[C@H](OC1O[C@H](CO)[C@@H](OC2O[C@H](COC3O[C@H](CO)[C@@H](O)[C@H](O)[C@@H]3OC3O[C@H](CO)[C@@H](O)[C@H](O)[C@H]3NC(C)=O)[C@@H](O)[C@H](OC3O[C@H](CO)[C@@H](O)[C@H](O)[C@@H]3OC3O[C@H](CO)[C@@H](O)[C@H](O)[C@H]3NC(C)=O)[C@@H]2O)[C@H](O)[C@H]1NC(C)=O)[C@H](O)COC1O[C@@H](C)[C@@H](O)[C@@H](O)[C@@H]1O. The molecular weight excluding hydrogens is 1370 g/mol. The fourth-order valence-corrected chi connectivity index (χ4v) is 12.4. The number of hydrogen-bond donors (Lipinski definition) is 26. The molecular formula is C56H96N4O40. The molecule has 4 amide bonds. The summed E-state index contributed by atoms with van der Waals surface area (Å²) in [6, 6.07) is -7.18. The van der Waals surface area contributed by atoms with Crippen molar-refractivity contribution in [1.82, 2.24) is 21.3 Å². The van der Waals surface area contributed by atoms with Gasteiger partial charge in [0.15, 0.2) is 44.0 Å². The lowest BCUT2D eigenvalue weighted by Crippen LogP contribution is -2.70. The lowest BCUT2D eigenvalue weighted by Gasteiger charge is -2.50. The molecule has 44 nitrogen and oxygen atoms in total. The first-order chi connectivity index (χ1) is 47.2. The van der Waals surface area contributed by atoms with Gasteiger partial charge in [-0.15, -0.1) is 0 Å². The number of rotatable bonds is 29. The lowest BCUT2D eigenvalue weighted by molar-refractivity contribution is -0.395. The van der Waals surface area contributed by atoms with Crippen LogP contribution in [0.2, 0.25) is 0 Å². The fraction of sp³-hybridized carbons (Fsp3) is 0.929. The summed E-state index contributed by atoms with van der Waals surface area (Å²) in [5.74, 6) is -3.50. The van der Waals surface area contributed by atoms with Crippen molar-refractivity contribution in [3.05, 3.63) is 0 Å². The molecule has 7 unspecified atom stereocenters. The molecule has 0 aromatic heterocycles. The highest BCUT2D eigenvalue weighted by Crippen LogP contribution is 2.38. The molecule has 0 spiro atoms. The van der Waals surface area contributed by atoms with E-state index in [1.807, 2.05) is 0 Å². The van der Waals surface area contributed by atoms with Crippen LogP contribution in [0.5, 0.6) is 0 Å². The van der Waals surface area contributed by atoms with Crippen LogP contribution in [0.4, 0.5) is 0 Å². The lowest BCUT2D eigenvalue weighted by atomic mass is 9.94. The van der Waals surface area contributed by atoms with Gasteiger partial charge in [0.1, 0.15) is 183 Å². The standard InChI is InChI=1S/C56H96N4O40/c1-14-30(72)40(82)43(85)53(89-14)87-12-20(71)45(31(73)19(6-61)57-15(2)67)96-52-29(60-18(5)70)39(81)46(25(11-66)94-52)97-54-44(86)47(98-56-49(42(84)35(77)24(10-65)93-56)100-51-28(59-17(4)69)38(80)33(75)22(8-63)91-51)36(78)26(95-54)13-88-55-48(41(83)34(76)23(9-64)92-55)99-50-27(58-16(3)68)37(79)32(74)21(7-62)90-50/h14,19-56,61-66,71-86H,6-13H2,1-5H3,(H,57,67)(H,58,68)(H,59,69)(H,60,70)/t14-,19-,20+,21+,22+,23+,24+,25+,26+,27+,28+,29+,30+,31+,32+,33+,34+,35+,36+,37+,38+,39+,40+,41-,42-,43-,44-,45+,46+,47-,48-,49-,50?,51?,52?,53?,54?,55?,56?/m0/s1. The number of carbonyl (C=O) groups is 4. The van der Waals surface area contributed by atoms with Gasteiger partial charge in [-0.05, 0) is 6.92 Å². The van der Waals surface area contributed by atoms with E-state index in [1.165, 1.54) is 6.92 Å². The van der Waals surface area contributed by atoms with Crippen molar-refractivity contribution in [3.63, 3.8) is 0 Å². The molecule has 39 atom stereocenters. The molecule has 0 aromatic carbocycles. The predicted molar refractivity (Wildman–Crippen MR) is 312 cm³/mol. The third-order valence-electron chi connectivity index (χ3n) is 17.8. The number of hydrogen-bond acceptors (Lipinski definition) is 40. The number of ether oxygens (including phenoxy) is 14. The highest BCUT2D eigenvalue weighted by atomic mass is 16.8. The number of nitrogens with one attached hydrogen (secondary N) is 4. The Bertz CT molecular complexity index is 2570. The Kier molecular flexibility index (Phi) is 31.1. The van der Waals surface area contributed by atoms with Crippen molar-refractivity contribution in [2.75, 3.05) is 52.9 Å². The fourth-order valence-electron chi connectivity index (χ4n) is 12.4. The molecule has 7 saturated heterocycles. The Hall–Kier alpha value is -3.56. The molecule has 7 heterocycles. The van der Waals surface area contributed by atoms with Gasteiger partial charge in [-0.1, -0.05) is 0 Å². The Labute approximate surface area is 568 Å². The second kappa shape index (κ2) is 37.1. The van der Waals surface area contributed by atoms with Crippen LogP contribution in [0.15, 0.2) is 0 Å². The van der Waals surface area contributed by atoms with Gasteiger partial charge in [0.05, 0.1) is 65.0 Å². The largest absolute Gasteiger partial charge is 0.394 e. The maximum absolute atomic E-state index is 13.1. The summed E-state index contributed by atoms with van der Waals surface area (Å²) < 4.78 is 82.5. The zero-order chi connectivity index (χ0) is 74.2. The van der Waals surface area contributed by atoms with Crippen LogP contribution in [0.3, 0.4) is 0 Å². The molecule has 0 saturated carbocycles. The summed E-state index contributed by atoms with van der Waals surface area (Å²) in [5.41, 5.74) is 0. The van der Waals surface area contributed by atoms with Crippen LogP contribution in [0.1, 0.15) is 34.6 Å². The zero-order valence-electron chi connectivity index (χ0n) is 54.4. The van der Waals surface area contributed by atoms with E-state index in [-0.39, 0.29) is 0 Å². The van der Waals surface area contributed by atoms with E-state index in [0.717, 1.165) is 27.7 Å². The first kappa shape index (κ1) is 83.7. The van der Waals surface area contributed by atoms with Crippen molar-refractivity contribution < 1.29 is 198 Å². The summed E-state index contributed by atoms with van der Waals surface area (Å²) in [6.07, 6.45) is -71.2. The van der Waals surface area contributed by atoms with Gasteiger partial charge >= 0.3 is 0 Å². The second-order valence-electron chi connectivity index (χ2n) is 25.1. The maximum atomic E-state index is 13.1. The topological polar surface area (TPSA) is 691 Å². The average Bonchev–Trinajstić information content (AvgIpc) is 0.775. The molecule has 100 heavy (non-hydrogen) atoms. The maximum Gasteiger partial charge on any atom is 0.217 e. The van der Waals surface area contributed by atoms with Crippen LogP contribution >= 0.6 is 0 Å². The van der Waals surface area contributed by atoms with Crippen LogP contribution in [0, 0.1) is 0 Å². The minimum Gasteiger partial charge on any atom is -0.394 e. The van der Waals surface area contributed by atoms with Gasteiger partial charge < -0.3 is 200 Å². The molecule has 0 bridgehead atoms. The minimum atomic E-state index is -2.52. The summed E-state index contributed by atoms with van der Waals surface area (Å²) in [7, 11) is 0. The van der Waals surface area contributed by atoms with Crippen molar-refractivity contribution >= 4 is 23.6 Å². The molecule has 0 aliphatic carbocycles. The first-order valence-electron chi connectivity index (χ1n) is 31.9. The Balaban J connectivity index is 1.25. The van der Waals surface area contributed by atoms with Gasteiger partial charge in [-0.25, -0.2) is 0 Å². The van der Waals surface area contributed by atoms with Gasteiger partial charge in [0.25, 0.3) is 0 Å². The molecule has 580 valence electrons. The molecule has 0 radical (unpaired) electrons. The average molecular weight is 1470 g/mol. The minimum absolute atomic E-state index is 0.827. The molecule has 7 fully saturated rings. The Morgan fingerprint density at radius 2 is 0.780 bits per heavy atom. The summed E-state index contributed by atoms with van der Waals surface area (Å²) in [6.45, 7) is -3.36. The quantitative estimate of drug-likeness (QED) is 0.0331. The number of amides is 4. The van der Waals surface area contributed by atoms with Crippen LogP contribution in [0.25, 0.3) is 0 Å². The number of aliphatic hydroxyl groups excluding tert-OH is 22. The number of aliphatic hydroxyl groups is 22. The predicted octanol–water partition coefficient (Wildman–Crippen LogP) is -17.2. The molecule has 26 N–H and O–H groups in total. The molecule has 0 aromatic rings. The van der Waals surface area contributed by atoms with E-state index in [1.54, 1.807) is 0 Å². The summed E-state index contributed by atoms with van der Waals surface area (Å²) >= 11 is 0. The summed E-state index contributed by atoms with van der Waals surface area (Å²) in [4.78, 5) is 50.1. The normalized spacial score (nSPS) is 45.4. The number of carbonyl (C=O) groups excluding carboxylic acids is 4. The monoisotopic (exact) mass is 1460 g/mol. The highest BCUT2D eigenvalue weighted by Gasteiger charge is 2.59. The molecule has 7 aliphatic rings. The van der Waals surface area contributed by atoms with Crippen molar-refractivity contribution in [2.45, 2.75) is 274 Å². The van der Waals surface area contributed by atoms with Crippen molar-refractivity contribution in [2.24, 2.45) is 0 Å². The Morgan fingerprint density at radius 1 is 0.370 bits per heavy atom.